The summed E-state index contributed by atoms with van der Waals surface area (Å²) >= 11 is 12.6. The van der Waals surface area contributed by atoms with Crippen LogP contribution < -0.4 is 0 Å². The van der Waals surface area contributed by atoms with Gasteiger partial charge in [0.15, 0.2) is 5.69 Å². The van der Waals surface area contributed by atoms with E-state index in [2.05, 4.69) is 9.94 Å². The first kappa shape index (κ1) is 27.2. The topological polar surface area (TPSA) is 42.5 Å². The van der Waals surface area contributed by atoms with Crippen molar-refractivity contribution in [2.24, 2.45) is 0 Å². The second kappa shape index (κ2) is 10.9. The number of carbonyl (C=O) groups excluding carboxylic acids is 1. The summed E-state index contributed by atoms with van der Waals surface area (Å²) in [5.41, 5.74) is 1.91. The van der Waals surface area contributed by atoms with Crippen molar-refractivity contribution in [3.05, 3.63) is 117 Å². The fraction of sp³-hybridized carbons (Fsp3) is 0.179. The Kier molecular flexibility index (Phi) is 7.81. The van der Waals surface area contributed by atoms with Crippen LogP contribution in [0.5, 0.6) is 0 Å². The van der Waals surface area contributed by atoms with Gasteiger partial charge in [-0.3, -0.25) is 4.79 Å². The molecule has 1 aromatic heterocycles. The minimum absolute atomic E-state index is 0.0483. The molecule has 0 N–H and O–H groups in total. The van der Waals surface area contributed by atoms with E-state index in [1.54, 1.807) is 62.5 Å². The van der Waals surface area contributed by atoms with Gasteiger partial charge in [0.25, 0.3) is 5.91 Å². The molecule has 0 spiro atoms. The predicted octanol–water partition coefficient (Wildman–Crippen LogP) is 8.12. The lowest BCUT2D eigenvalue weighted by Gasteiger charge is -2.25. The average molecular weight is 557 g/mol. The Labute approximate surface area is 227 Å². The van der Waals surface area contributed by atoms with E-state index in [1.165, 1.54) is 21.7 Å². The minimum Gasteiger partial charge on any atom is -0.334 e. The van der Waals surface area contributed by atoms with Crippen molar-refractivity contribution in [3.63, 3.8) is 0 Å². The molecular formula is C28H21Cl2F3N4O. The summed E-state index contributed by atoms with van der Waals surface area (Å²) in [5.74, 6) is -0.489. The quantitative estimate of drug-likeness (QED) is 0.225. The van der Waals surface area contributed by atoms with Crippen LogP contribution in [0.15, 0.2) is 72.8 Å². The lowest BCUT2D eigenvalue weighted by Crippen LogP contribution is -2.30. The summed E-state index contributed by atoms with van der Waals surface area (Å²) in [4.78, 5) is 18.7. The van der Waals surface area contributed by atoms with Gasteiger partial charge in [-0.25, -0.2) is 11.3 Å². The molecule has 0 fully saturated rings. The molecule has 0 aliphatic carbocycles. The lowest BCUT2D eigenvalue weighted by molar-refractivity contribution is -0.137. The van der Waals surface area contributed by atoms with Gasteiger partial charge in [0.1, 0.15) is 0 Å². The highest BCUT2D eigenvalue weighted by atomic mass is 35.5. The van der Waals surface area contributed by atoms with Crippen LogP contribution in [-0.2, 0) is 12.7 Å². The van der Waals surface area contributed by atoms with Crippen LogP contribution in [0.25, 0.3) is 21.8 Å². The van der Waals surface area contributed by atoms with Crippen molar-refractivity contribution in [1.29, 1.82) is 0 Å². The SMILES string of the molecule is [C-]#[N+]Cc1c(C(=O)N(C)[C@H](C)c2ccc(C(F)(F)F)cc2)nn(-c2ccccc2Cl)c1-c1ccc(Cl)cc1. The second-order valence-electron chi connectivity index (χ2n) is 8.57. The highest BCUT2D eigenvalue weighted by Gasteiger charge is 2.32. The molecule has 0 bridgehead atoms. The van der Waals surface area contributed by atoms with Gasteiger partial charge in [-0.2, -0.15) is 18.3 Å². The molecular weight excluding hydrogens is 536 g/mol. The maximum atomic E-state index is 13.8. The van der Waals surface area contributed by atoms with Crippen LogP contribution in [0.3, 0.4) is 0 Å². The van der Waals surface area contributed by atoms with E-state index in [0.29, 0.717) is 38.1 Å². The van der Waals surface area contributed by atoms with E-state index in [9.17, 15) is 18.0 Å². The Hall–Kier alpha value is -3.80. The number of aromatic nitrogens is 2. The van der Waals surface area contributed by atoms with Crippen LogP contribution in [0.4, 0.5) is 13.2 Å². The lowest BCUT2D eigenvalue weighted by atomic mass is 10.0. The summed E-state index contributed by atoms with van der Waals surface area (Å²) < 4.78 is 40.5. The molecule has 0 radical (unpaired) electrons. The summed E-state index contributed by atoms with van der Waals surface area (Å²) in [6.07, 6.45) is -4.46. The van der Waals surface area contributed by atoms with Crippen molar-refractivity contribution in [2.75, 3.05) is 7.05 Å². The molecule has 0 aliphatic rings. The summed E-state index contributed by atoms with van der Waals surface area (Å²) in [6, 6.07) is 18.0. The molecule has 194 valence electrons. The molecule has 3 aromatic carbocycles. The Morgan fingerprint density at radius 1 is 1.05 bits per heavy atom. The van der Waals surface area contributed by atoms with Gasteiger partial charge in [-0.15, -0.1) is 0 Å². The summed E-state index contributed by atoms with van der Waals surface area (Å²) in [5, 5.41) is 5.53. The Morgan fingerprint density at radius 2 is 1.68 bits per heavy atom. The second-order valence-corrected chi connectivity index (χ2v) is 9.42. The number of benzene rings is 3. The Balaban J connectivity index is 1.82. The van der Waals surface area contributed by atoms with Gasteiger partial charge in [-0.05, 0) is 48.9 Å². The molecule has 0 unspecified atom stereocenters. The van der Waals surface area contributed by atoms with Crippen LogP contribution in [0, 0.1) is 6.57 Å². The number of halogens is 5. The molecule has 38 heavy (non-hydrogen) atoms. The van der Waals surface area contributed by atoms with Crippen LogP contribution in [0.1, 0.15) is 40.1 Å². The maximum absolute atomic E-state index is 13.8. The van der Waals surface area contributed by atoms with Crippen molar-refractivity contribution < 1.29 is 18.0 Å². The molecule has 0 aliphatic heterocycles. The molecule has 1 amide bonds. The normalized spacial score (nSPS) is 12.2. The van der Waals surface area contributed by atoms with Gasteiger partial charge in [0, 0.05) is 17.6 Å². The smallest absolute Gasteiger partial charge is 0.334 e. The molecule has 1 atom stereocenters. The van der Waals surface area contributed by atoms with Crippen molar-refractivity contribution >= 4 is 29.1 Å². The minimum atomic E-state index is -4.46. The molecule has 5 nitrogen and oxygen atoms in total. The van der Waals surface area contributed by atoms with Crippen molar-refractivity contribution in [2.45, 2.75) is 25.7 Å². The maximum Gasteiger partial charge on any atom is 0.416 e. The zero-order valence-corrected chi connectivity index (χ0v) is 21.8. The van der Waals surface area contributed by atoms with E-state index in [0.717, 1.165) is 12.1 Å². The number of nitrogens with zero attached hydrogens (tertiary/aromatic N) is 4. The number of rotatable bonds is 6. The first-order chi connectivity index (χ1) is 18.0. The number of para-hydroxylation sites is 1. The van der Waals surface area contributed by atoms with E-state index >= 15 is 0 Å². The molecule has 4 rings (SSSR count). The third-order valence-corrected chi connectivity index (χ3v) is 6.81. The molecule has 1 heterocycles. The highest BCUT2D eigenvalue weighted by Crippen LogP contribution is 2.35. The highest BCUT2D eigenvalue weighted by molar-refractivity contribution is 6.32. The van der Waals surface area contributed by atoms with E-state index in [1.807, 2.05) is 0 Å². The van der Waals surface area contributed by atoms with Crippen molar-refractivity contribution in [1.82, 2.24) is 14.7 Å². The average Bonchev–Trinajstić information content (AvgIpc) is 3.26. The first-order valence-electron chi connectivity index (χ1n) is 11.4. The van der Waals surface area contributed by atoms with E-state index in [4.69, 9.17) is 29.8 Å². The number of hydrogen-bond acceptors (Lipinski definition) is 2. The number of amides is 1. The molecule has 0 saturated heterocycles. The summed E-state index contributed by atoms with van der Waals surface area (Å²) in [6.45, 7) is 9.12. The monoisotopic (exact) mass is 556 g/mol. The Morgan fingerprint density at radius 3 is 2.26 bits per heavy atom. The molecule has 4 aromatic rings. The van der Waals surface area contributed by atoms with Gasteiger partial charge in [0.05, 0.1) is 33.6 Å². The Bertz CT molecular complexity index is 1510. The zero-order chi connectivity index (χ0) is 27.6. The van der Waals surface area contributed by atoms with Gasteiger partial charge in [0.2, 0.25) is 6.54 Å². The van der Waals surface area contributed by atoms with Crippen LogP contribution in [-0.4, -0.2) is 27.6 Å². The first-order valence-corrected chi connectivity index (χ1v) is 12.2. The van der Waals surface area contributed by atoms with Crippen LogP contribution >= 0.6 is 23.2 Å². The van der Waals surface area contributed by atoms with Crippen LogP contribution in [0.2, 0.25) is 10.0 Å². The largest absolute Gasteiger partial charge is 0.416 e. The molecule has 10 heteroatoms. The standard InChI is InChI=1S/C28H21Cl2F3N4O/c1-17(18-8-12-20(13-9-18)28(31,32)33)36(3)27(38)25-22(16-34-2)26(19-10-14-21(29)15-11-19)37(35-25)24-7-5-4-6-23(24)30/h4-15,17H,16H2,1,3H3/t17-/m1/s1. The van der Waals surface area contributed by atoms with Gasteiger partial charge >= 0.3 is 6.18 Å². The number of alkyl halides is 3. The van der Waals surface area contributed by atoms with E-state index in [-0.39, 0.29) is 12.2 Å². The number of carbonyl (C=O) groups is 1. The number of hydrogen-bond donors (Lipinski definition) is 0. The zero-order valence-electron chi connectivity index (χ0n) is 20.3. The van der Waals surface area contributed by atoms with Crippen molar-refractivity contribution in [3.8, 4) is 16.9 Å². The predicted molar refractivity (Wildman–Crippen MR) is 141 cm³/mol. The fourth-order valence-corrected chi connectivity index (χ4v) is 4.41. The van der Waals surface area contributed by atoms with Gasteiger partial charge < -0.3 is 9.74 Å². The summed E-state index contributed by atoms with van der Waals surface area (Å²) in [7, 11) is 1.54. The van der Waals surface area contributed by atoms with E-state index < -0.39 is 23.7 Å². The third-order valence-electron chi connectivity index (χ3n) is 6.24. The third kappa shape index (κ3) is 5.40. The fourth-order valence-electron chi connectivity index (χ4n) is 4.07. The molecule has 0 saturated carbocycles. The van der Waals surface area contributed by atoms with Gasteiger partial charge in [-0.1, -0.05) is 59.6 Å².